The molecule has 0 spiro atoms. The summed E-state index contributed by atoms with van der Waals surface area (Å²) in [5.41, 5.74) is 2.86. The zero-order valence-corrected chi connectivity index (χ0v) is 16.7. The molecular formula is C21H30N4O3. The van der Waals surface area contributed by atoms with E-state index in [9.17, 15) is 9.59 Å². The summed E-state index contributed by atoms with van der Waals surface area (Å²) in [6, 6.07) is 3.69. The maximum absolute atomic E-state index is 12.3. The lowest BCUT2D eigenvalue weighted by Crippen LogP contribution is -2.49. The second kappa shape index (κ2) is 10.1. The van der Waals surface area contributed by atoms with Crippen molar-refractivity contribution in [3.05, 3.63) is 35.7 Å². The Morgan fingerprint density at radius 3 is 2.64 bits per heavy atom. The third-order valence-electron chi connectivity index (χ3n) is 5.27. The molecule has 0 aromatic carbocycles. The fraction of sp³-hybridized carbons (Fsp3) is 0.571. The number of amides is 2. The zero-order valence-electron chi connectivity index (χ0n) is 16.7. The molecule has 152 valence electrons. The van der Waals surface area contributed by atoms with Gasteiger partial charge in [-0.05, 0) is 51.2 Å². The van der Waals surface area contributed by atoms with Gasteiger partial charge in [-0.2, -0.15) is 0 Å². The smallest absolute Gasteiger partial charge is 0.409 e. The van der Waals surface area contributed by atoms with Gasteiger partial charge in [0.05, 0.1) is 18.5 Å². The number of allylic oxidation sites excluding steroid dienone is 1. The van der Waals surface area contributed by atoms with Crippen LogP contribution >= 0.6 is 0 Å². The molecule has 1 aromatic rings. The Kier molecular flexibility index (Phi) is 7.28. The number of anilines is 1. The topological polar surface area (TPSA) is 74.8 Å². The van der Waals surface area contributed by atoms with Crippen LogP contribution in [-0.4, -0.2) is 61.2 Å². The first kappa shape index (κ1) is 20.2. The lowest BCUT2D eigenvalue weighted by Gasteiger charge is -2.35. The third-order valence-corrected chi connectivity index (χ3v) is 5.27. The number of piperazine rings is 1. The molecule has 2 heterocycles. The first-order valence-electron chi connectivity index (χ1n) is 10.3. The van der Waals surface area contributed by atoms with E-state index in [0.717, 1.165) is 31.6 Å². The Morgan fingerprint density at radius 1 is 1.18 bits per heavy atom. The van der Waals surface area contributed by atoms with Crippen molar-refractivity contribution in [1.82, 2.24) is 15.2 Å². The van der Waals surface area contributed by atoms with Crippen LogP contribution < -0.4 is 10.2 Å². The molecule has 0 bridgehead atoms. The zero-order chi connectivity index (χ0) is 19.8. The molecule has 0 radical (unpaired) electrons. The lowest BCUT2D eigenvalue weighted by molar-refractivity contribution is 0.0948. The summed E-state index contributed by atoms with van der Waals surface area (Å²) < 4.78 is 5.04. The summed E-state index contributed by atoms with van der Waals surface area (Å²) in [5.74, 6) is -0.130. The molecule has 7 nitrogen and oxygen atoms in total. The molecule has 1 N–H and O–H groups in total. The molecule has 0 saturated carbocycles. The van der Waals surface area contributed by atoms with Gasteiger partial charge in [-0.1, -0.05) is 11.6 Å². The molecule has 7 heteroatoms. The van der Waals surface area contributed by atoms with Gasteiger partial charge in [0.2, 0.25) is 0 Å². The molecule has 28 heavy (non-hydrogen) atoms. The Balaban J connectivity index is 1.45. The minimum atomic E-state index is -0.253. The van der Waals surface area contributed by atoms with Crippen LogP contribution in [0.4, 0.5) is 10.5 Å². The Morgan fingerprint density at radius 2 is 2.00 bits per heavy atom. The molecule has 2 amide bonds. The summed E-state index contributed by atoms with van der Waals surface area (Å²) in [7, 11) is 0. The van der Waals surface area contributed by atoms with Gasteiger partial charge < -0.3 is 19.9 Å². The standard InChI is InChI=1S/C21H30N4O3/c1-2-28-21(27)25-14-12-24(13-15-25)18-8-9-19(23-16-18)20(26)22-11-10-17-6-4-3-5-7-17/h6,8-9,16H,2-5,7,10-15H2,1H3,(H,22,26). The van der Waals surface area contributed by atoms with E-state index in [1.54, 1.807) is 17.2 Å². The first-order chi connectivity index (χ1) is 13.7. The van der Waals surface area contributed by atoms with Crippen LogP contribution in [0.25, 0.3) is 0 Å². The number of carbonyl (C=O) groups is 2. The molecule has 1 aliphatic carbocycles. The van der Waals surface area contributed by atoms with Gasteiger partial charge in [0.1, 0.15) is 5.69 Å². The number of rotatable bonds is 6. The number of hydrogen-bond donors (Lipinski definition) is 1. The van der Waals surface area contributed by atoms with Gasteiger partial charge in [0.25, 0.3) is 5.91 Å². The van der Waals surface area contributed by atoms with E-state index in [4.69, 9.17) is 4.74 Å². The normalized spacial score (nSPS) is 17.1. The lowest BCUT2D eigenvalue weighted by atomic mass is 9.97. The van der Waals surface area contributed by atoms with Crippen molar-refractivity contribution >= 4 is 17.7 Å². The van der Waals surface area contributed by atoms with Crippen molar-refractivity contribution in [3.8, 4) is 0 Å². The number of ether oxygens (including phenoxy) is 1. The second-order valence-corrected chi connectivity index (χ2v) is 7.19. The maximum atomic E-state index is 12.3. The van der Waals surface area contributed by atoms with E-state index in [2.05, 4.69) is 21.3 Å². The fourth-order valence-electron chi connectivity index (χ4n) is 3.63. The third kappa shape index (κ3) is 5.47. The highest BCUT2D eigenvalue weighted by Gasteiger charge is 2.22. The number of carbonyl (C=O) groups excluding carboxylic acids is 2. The predicted octanol–water partition coefficient (Wildman–Crippen LogP) is 2.98. The molecule has 3 rings (SSSR count). The van der Waals surface area contributed by atoms with Gasteiger partial charge in [-0.15, -0.1) is 0 Å². The minimum absolute atomic E-state index is 0.130. The summed E-state index contributed by atoms with van der Waals surface area (Å²) in [6.45, 7) is 5.55. The summed E-state index contributed by atoms with van der Waals surface area (Å²) in [5, 5.41) is 2.96. The van der Waals surface area contributed by atoms with E-state index in [-0.39, 0.29) is 12.0 Å². The van der Waals surface area contributed by atoms with Crippen LogP contribution in [0, 0.1) is 0 Å². The van der Waals surface area contributed by atoms with E-state index >= 15 is 0 Å². The highest BCUT2D eigenvalue weighted by Crippen LogP contribution is 2.19. The van der Waals surface area contributed by atoms with Gasteiger partial charge in [-0.3, -0.25) is 4.79 Å². The largest absolute Gasteiger partial charge is 0.450 e. The average molecular weight is 386 g/mol. The second-order valence-electron chi connectivity index (χ2n) is 7.19. The van der Waals surface area contributed by atoms with Crippen molar-refractivity contribution in [2.24, 2.45) is 0 Å². The predicted molar refractivity (Wildman–Crippen MR) is 109 cm³/mol. The van der Waals surface area contributed by atoms with Gasteiger partial charge in [0, 0.05) is 32.7 Å². The van der Waals surface area contributed by atoms with Crippen molar-refractivity contribution in [2.45, 2.75) is 39.0 Å². The van der Waals surface area contributed by atoms with Gasteiger partial charge in [-0.25, -0.2) is 9.78 Å². The van der Waals surface area contributed by atoms with Crippen molar-refractivity contribution < 1.29 is 14.3 Å². The highest BCUT2D eigenvalue weighted by molar-refractivity contribution is 5.92. The van der Waals surface area contributed by atoms with Gasteiger partial charge in [0.15, 0.2) is 0 Å². The summed E-state index contributed by atoms with van der Waals surface area (Å²) in [6.07, 6.45) is 9.58. The van der Waals surface area contributed by atoms with E-state index in [1.165, 1.54) is 24.8 Å². The Bertz CT molecular complexity index is 694. The molecule has 1 aliphatic heterocycles. The fourth-order valence-corrected chi connectivity index (χ4v) is 3.63. The maximum Gasteiger partial charge on any atom is 0.409 e. The van der Waals surface area contributed by atoms with Crippen LogP contribution in [0.1, 0.15) is 49.5 Å². The van der Waals surface area contributed by atoms with Crippen molar-refractivity contribution in [2.75, 3.05) is 44.2 Å². The molecule has 0 unspecified atom stereocenters. The molecule has 0 atom stereocenters. The van der Waals surface area contributed by atoms with Crippen molar-refractivity contribution in [1.29, 1.82) is 0 Å². The molecule has 1 aromatic heterocycles. The van der Waals surface area contributed by atoms with Crippen LogP contribution in [-0.2, 0) is 4.74 Å². The molecule has 1 fully saturated rings. The number of aromatic nitrogens is 1. The number of nitrogens with one attached hydrogen (secondary N) is 1. The number of pyridine rings is 1. The van der Waals surface area contributed by atoms with Crippen LogP contribution in [0.2, 0.25) is 0 Å². The minimum Gasteiger partial charge on any atom is -0.450 e. The monoisotopic (exact) mass is 386 g/mol. The first-order valence-corrected chi connectivity index (χ1v) is 10.3. The Hall–Kier alpha value is -2.57. The quantitative estimate of drug-likeness (QED) is 0.761. The van der Waals surface area contributed by atoms with E-state index in [0.29, 0.717) is 31.9 Å². The van der Waals surface area contributed by atoms with Crippen molar-refractivity contribution in [3.63, 3.8) is 0 Å². The average Bonchev–Trinajstić information content (AvgIpc) is 2.75. The molecular weight excluding hydrogens is 356 g/mol. The van der Waals surface area contributed by atoms with Gasteiger partial charge >= 0.3 is 6.09 Å². The Labute approximate surface area is 166 Å². The van der Waals surface area contributed by atoms with E-state index in [1.807, 2.05) is 13.0 Å². The van der Waals surface area contributed by atoms with Crippen LogP contribution in [0.3, 0.4) is 0 Å². The number of hydrogen-bond acceptors (Lipinski definition) is 5. The summed E-state index contributed by atoms with van der Waals surface area (Å²) in [4.78, 5) is 32.3. The summed E-state index contributed by atoms with van der Waals surface area (Å²) >= 11 is 0. The SMILES string of the molecule is CCOC(=O)N1CCN(c2ccc(C(=O)NCCC3=CCCCC3)nc2)CC1. The van der Waals surface area contributed by atoms with E-state index < -0.39 is 0 Å². The van der Waals surface area contributed by atoms with Crippen LogP contribution in [0.15, 0.2) is 30.0 Å². The molecule has 2 aliphatic rings. The number of nitrogens with zero attached hydrogens (tertiary/aromatic N) is 3. The highest BCUT2D eigenvalue weighted by atomic mass is 16.6. The van der Waals surface area contributed by atoms with Crippen LogP contribution in [0.5, 0.6) is 0 Å². The molecule has 1 saturated heterocycles.